The van der Waals surface area contributed by atoms with Gasteiger partial charge in [-0.1, -0.05) is 53.6 Å². The van der Waals surface area contributed by atoms with Crippen molar-refractivity contribution in [2.45, 2.75) is 6.17 Å². The number of aromatic nitrogens is 2. The van der Waals surface area contributed by atoms with Crippen LogP contribution in [0.3, 0.4) is 0 Å². The van der Waals surface area contributed by atoms with E-state index in [1.165, 1.54) is 12.1 Å². The summed E-state index contributed by atoms with van der Waals surface area (Å²) in [4.78, 5) is 19.5. The minimum Gasteiger partial charge on any atom is -0.403 e. The zero-order chi connectivity index (χ0) is 26.1. The molecule has 3 heterocycles. The number of amides is 1. The van der Waals surface area contributed by atoms with Crippen LogP contribution < -0.4 is 15.5 Å². The van der Waals surface area contributed by atoms with Crippen molar-refractivity contribution in [1.82, 2.24) is 10.2 Å². The highest BCUT2D eigenvalue weighted by molar-refractivity contribution is 6.19. The molecule has 1 saturated heterocycles. The van der Waals surface area contributed by atoms with Crippen LogP contribution in [0.25, 0.3) is 11.5 Å². The number of morpholine rings is 1. The number of halogens is 2. The topological polar surface area (TPSA) is 105 Å². The molecular formula is C27H22F2N6O3. The molecule has 2 aliphatic heterocycles. The van der Waals surface area contributed by atoms with Crippen molar-refractivity contribution in [3.05, 3.63) is 89.5 Å². The predicted octanol–water partition coefficient (Wildman–Crippen LogP) is 4.08. The molecule has 2 N–H and O–H groups in total. The van der Waals surface area contributed by atoms with Gasteiger partial charge in [0.2, 0.25) is 6.17 Å². The van der Waals surface area contributed by atoms with Gasteiger partial charge in [0.15, 0.2) is 0 Å². The van der Waals surface area contributed by atoms with Crippen molar-refractivity contribution in [2.75, 3.05) is 41.8 Å². The van der Waals surface area contributed by atoms with Gasteiger partial charge in [0.1, 0.15) is 17.2 Å². The first-order chi connectivity index (χ1) is 18.6. The molecule has 1 amide bonds. The van der Waals surface area contributed by atoms with Crippen molar-refractivity contribution >= 4 is 29.0 Å². The number of ether oxygens (including phenoxy) is 1. The molecule has 2 aliphatic rings. The van der Waals surface area contributed by atoms with Crippen LogP contribution in [0.4, 0.5) is 26.2 Å². The van der Waals surface area contributed by atoms with E-state index < -0.39 is 29.3 Å². The van der Waals surface area contributed by atoms with E-state index in [1.54, 1.807) is 6.07 Å². The van der Waals surface area contributed by atoms with Crippen LogP contribution >= 0.6 is 0 Å². The quantitative estimate of drug-likeness (QED) is 0.412. The molecule has 0 aliphatic carbocycles. The van der Waals surface area contributed by atoms with Gasteiger partial charge in [-0.05, 0) is 18.2 Å². The van der Waals surface area contributed by atoms with E-state index in [2.05, 4.69) is 25.8 Å². The molecule has 1 atom stereocenters. The normalized spacial score (nSPS) is 17.3. The molecule has 38 heavy (non-hydrogen) atoms. The van der Waals surface area contributed by atoms with Crippen LogP contribution in [-0.2, 0) is 9.53 Å². The summed E-state index contributed by atoms with van der Waals surface area (Å²) in [7, 11) is 0. The van der Waals surface area contributed by atoms with Crippen molar-refractivity contribution in [3.63, 3.8) is 0 Å². The average molecular weight is 517 g/mol. The number of benzene rings is 3. The SMILES string of the molecule is O=C1Nc2ccccc2C(c2ccccc2)=NC1Nc1nnc(-c2c(F)cc(N3CCOCC3)cc2F)o1. The van der Waals surface area contributed by atoms with Crippen molar-refractivity contribution in [2.24, 2.45) is 4.99 Å². The second-order valence-corrected chi connectivity index (χ2v) is 8.72. The van der Waals surface area contributed by atoms with Gasteiger partial charge in [0, 0.05) is 29.9 Å². The fraction of sp³-hybridized carbons (Fsp3) is 0.185. The molecule has 0 radical (unpaired) electrons. The van der Waals surface area contributed by atoms with Crippen LogP contribution in [0.15, 0.2) is 76.1 Å². The molecule has 1 unspecified atom stereocenters. The lowest BCUT2D eigenvalue weighted by molar-refractivity contribution is -0.116. The lowest BCUT2D eigenvalue weighted by Gasteiger charge is -2.29. The highest BCUT2D eigenvalue weighted by atomic mass is 19.1. The Morgan fingerprint density at radius 3 is 2.42 bits per heavy atom. The van der Waals surface area contributed by atoms with Gasteiger partial charge in [0.25, 0.3) is 11.8 Å². The summed E-state index contributed by atoms with van der Waals surface area (Å²) in [5, 5.41) is 13.3. The summed E-state index contributed by atoms with van der Waals surface area (Å²) in [6, 6.07) is 19.0. The Kier molecular flexibility index (Phi) is 6.26. The summed E-state index contributed by atoms with van der Waals surface area (Å²) < 4.78 is 40.8. The number of nitrogens with zero attached hydrogens (tertiary/aromatic N) is 4. The van der Waals surface area contributed by atoms with Gasteiger partial charge >= 0.3 is 6.01 Å². The molecule has 0 spiro atoms. The lowest BCUT2D eigenvalue weighted by Crippen LogP contribution is -2.36. The Bertz CT molecular complexity index is 1500. The zero-order valence-electron chi connectivity index (χ0n) is 20.0. The number of hydrogen-bond donors (Lipinski definition) is 2. The standard InChI is InChI=1S/C27H22F2N6O3/c28-19-14-17(35-10-12-37-13-11-35)15-20(29)22(19)26-33-34-27(38-26)32-24-25(36)30-21-9-5-4-8-18(21)23(31-24)16-6-2-1-3-7-16/h1-9,14-15,24H,10-13H2,(H,30,36)(H,32,34). The van der Waals surface area contributed by atoms with E-state index in [0.29, 0.717) is 43.4 Å². The fourth-order valence-corrected chi connectivity index (χ4v) is 4.45. The maximum atomic E-state index is 15.0. The molecule has 3 aromatic carbocycles. The fourth-order valence-electron chi connectivity index (χ4n) is 4.45. The molecule has 6 rings (SSSR count). The molecule has 4 aromatic rings. The second-order valence-electron chi connectivity index (χ2n) is 8.72. The number of fused-ring (bicyclic) bond motifs is 1. The van der Waals surface area contributed by atoms with E-state index in [1.807, 2.05) is 53.4 Å². The molecule has 11 heteroatoms. The smallest absolute Gasteiger partial charge is 0.317 e. The van der Waals surface area contributed by atoms with Gasteiger partial charge in [-0.25, -0.2) is 13.8 Å². The van der Waals surface area contributed by atoms with Crippen LogP contribution in [0.5, 0.6) is 0 Å². The van der Waals surface area contributed by atoms with E-state index >= 15 is 0 Å². The Morgan fingerprint density at radius 2 is 1.66 bits per heavy atom. The van der Waals surface area contributed by atoms with Gasteiger partial charge in [0.05, 0.1) is 24.6 Å². The van der Waals surface area contributed by atoms with Crippen LogP contribution in [-0.4, -0.2) is 54.3 Å². The zero-order valence-corrected chi connectivity index (χ0v) is 20.0. The molecule has 1 fully saturated rings. The Morgan fingerprint density at radius 1 is 0.947 bits per heavy atom. The van der Waals surface area contributed by atoms with Gasteiger partial charge < -0.3 is 24.7 Å². The number of hydrogen-bond acceptors (Lipinski definition) is 8. The van der Waals surface area contributed by atoms with Crippen molar-refractivity contribution < 1.29 is 22.7 Å². The monoisotopic (exact) mass is 516 g/mol. The summed E-state index contributed by atoms with van der Waals surface area (Å²) in [6.07, 6.45) is -1.15. The highest BCUT2D eigenvalue weighted by Crippen LogP contribution is 2.31. The maximum absolute atomic E-state index is 15.0. The second kappa shape index (κ2) is 10.0. The van der Waals surface area contributed by atoms with Crippen molar-refractivity contribution in [3.8, 4) is 11.5 Å². The third-order valence-electron chi connectivity index (χ3n) is 6.30. The minimum absolute atomic E-state index is 0.210. The number of aliphatic imine (C=N–C) groups is 1. The third-order valence-corrected chi connectivity index (χ3v) is 6.30. The Balaban J connectivity index is 1.30. The first-order valence-corrected chi connectivity index (χ1v) is 12.0. The third kappa shape index (κ3) is 4.59. The van der Waals surface area contributed by atoms with E-state index in [9.17, 15) is 13.6 Å². The number of benzodiazepines with no additional fused rings is 1. The first-order valence-electron chi connectivity index (χ1n) is 12.0. The van der Waals surface area contributed by atoms with E-state index in [0.717, 1.165) is 11.1 Å². The largest absolute Gasteiger partial charge is 0.403 e. The molecule has 0 bridgehead atoms. The number of nitrogens with one attached hydrogen (secondary N) is 2. The average Bonchev–Trinajstić information content (AvgIpc) is 3.34. The maximum Gasteiger partial charge on any atom is 0.317 e. The number of carbonyl (C=O) groups excluding carboxylic acids is 1. The van der Waals surface area contributed by atoms with Crippen molar-refractivity contribution in [1.29, 1.82) is 0 Å². The summed E-state index contributed by atoms with van der Waals surface area (Å²) in [5.74, 6) is -2.50. The first kappa shape index (κ1) is 23.7. The number of anilines is 3. The van der Waals surface area contributed by atoms with Gasteiger partial charge in [-0.15, -0.1) is 5.10 Å². The van der Waals surface area contributed by atoms with Crippen LogP contribution in [0.2, 0.25) is 0 Å². The molecule has 1 aromatic heterocycles. The van der Waals surface area contributed by atoms with Crippen LogP contribution in [0, 0.1) is 11.6 Å². The molecule has 9 nitrogen and oxygen atoms in total. The number of carbonyl (C=O) groups is 1. The predicted molar refractivity (Wildman–Crippen MR) is 137 cm³/mol. The minimum atomic E-state index is -1.15. The number of para-hydroxylation sites is 1. The molecule has 192 valence electrons. The Hall–Kier alpha value is -4.64. The number of rotatable bonds is 5. The summed E-state index contributed by atoms with van der Waals surface area (Å²) in [5.41, 5.74) is 2.68. The van der Waals surface area contributed by atoms with Gasteiger partial charge in [-0.2, -0.15) is 0 Å². The Labute approximate surface area is 216 Å². The molecular weight excluding hydrogens is 494 g/mol. The lowest BCUT2D eigenvalue weighted by atomic mass is 10.0. The molecule has 0 saturated carbocycles. The summed E-state index contributed by atoms with van der Waals surface area (Å²) >= 11 is 0. The highest BCUT2D eigenvalue weighted by Gasteiger charge is 2.28. The summed E-state index contributed by atoms with van der Waals surface area (Å²) in [6.45, 7) is 2.03. The van der Waals surface area contributed by atoms with E-state index in [4.69, 9.17) is 9.15 Å². The van der Waals surface area contributed by atoms with E-state index in [-0.39, 0.29) is 11.9 Å². The van der Waals surface area contributed by atoms with Gasteiger partial charge in [-0.3, -0.25) is 4.79 Å². The van der Waals surface area contributed by atoms with Crippen LogP contribution in [0.1, 0.15) is 11.1 Å².